The summed E-state index contributed by atoms with van der Waals surface area (Å²) in [6.45, 7) is 1.81. The Kier molecular flexibility index (Phi) is 2.12. The van der Waals surface area contributed by atoms with Gasteiger partial charge in [0, 0.05) is 0 Å². The summed E-state index contributed by atoms with van der Waals surface area (Å²) in [5, 5.41) is 8.88. The molecule has 0 bridgehead atoms. The number of carboxylic acid groups (broad SMARTS) is 1. The molecule has 2 N–H and O–H groups in total. The quantitative estimate of drug-likeness (QED) is 0.677. The molecule has 1 aromatic carbocycles. The molecule has 0 aliphatic carbocycles. The van der Waals surface area contributed by atoms with E-state index in [-0.39, 0.29) is 9.95 Å². The molecule has 0 saturated heterocycles. The first-order valence-corrected chi connectivity index (χ1v) is 4.49. The van der Waals surface area contributed by atoms with Crippen LogP contribution in [0.15, 0.2) is 27.8 Å². The Balaban J connectivity index is 3.01. The molecular weight excluding hydrogens is 212 g/mol. The molecule has 0 radical (unpaired) electrons. The van der Waals surface area contributed by atoms with Gasteiger partial charge in [-0.05, 0) is 24.6 Å². The van der Waals surface area contributed by atoms with Crippen LogP contribution in [-0.2, 0) is 0 Å². The van der Waals surface area contributed by atoms with Crippen molar-refractivity contribution in [2.45, 2.75) is 6.92 Å². The number of aromatic nitrogens is 2. The molecular formula is C10H8N2O4. The molecule has 0 amide bonds. The van der Waals surface area contributed by atoms with Crippen LogP contribution in [0.3, 0.4) is 0 Å². The maximum atomic E-state index is 11.7. The number of H-pyrrole nitrogens is 1. The van der Waals surface area contributed by atoms with Gasteiger partial charge >= 0.3 is 11.8 Å². The minimum atomic E-state index is -1.59. The SMILES string of the molecule is Cc1ccc2c(=O)n(C(=O)O)c(=O)[nH]c2c1. The van der Waals surface area contributed by atoms with Gasteiger partial charge in [0.2, 0.25) is 0 Å². The molecule has 0 spiro atoms. The van der Waals surface area contributed by atoms with Crippen LogP contribution in [0.25, 0.3) is 10.9 Å². The summed E-state index contributed by atoms with van der Waals surface area (Å²) in [7, 11) is 0. The first-order chi connectivity index (χ1) is 7.50. The first kappa shape index (κ1) is 10.2. The van der Waals surface area contributed by atoms with Gasteiger partial charge in [-0.3, -0.25) is 4.79 Å². The lowest BCUT2D eigenvalue weighted by Crippen LogP contribution is -2.39. The van der Waals surface area contributed by atoms with Gasteiger partial charge in [0.05, 0.1) is 10.9 Å². The highest BCUT2D eigenvalue weighted by molar-refractivity contribution is 5.80. The normalized spacial score (nSPS) is 10.6. The molecule has 2 rings (SSSR count). The van der Waals surface area contributed by atoms with Crippen LogP contribution in [0, 0.1) is 6.92 Å². The van der Waals surface area contributed by atoms with Crippen molar-refractivity contribution in [1.82, 2.24) is 9.55 Å². The van der Waals surface area contributed by atoms with Gasteiger partial charge in [0.15, 0.2) is 0 Å². The van der Waals surface area contributed by atoms with Crippen LogP contribution >= 0.6 is 0 Å². The lowest BCUT2D eigenvalue weighted by Gasteiger charge is -2.01. The van der Waals surface area contributed by atoms with Crippen LogP contribution < -0.4 is 11.2 Å². The molecule has 0 atom stereocenters. The lowest BCUT2D eigenvalue weighted by molar-refractivity contribution is 0.194. The van der Waals surface area contributed by atoms with Crippen LogP contribution in [0.5, 0.6) is 0 Å². The van der Waals surface area contributed by atoms with Crippen LogP contribution in [0.1, 0.15) is 5.56 Å². The van der Waals surface area contributed by atoms with E-state index in [1.165, 1.54) is 6.07 Å². The van der Waals surface area contributed by atoms with E-state index < -0.39 is 17.3 Å². The summed E-state index contributed by atoms with van der Waals surface area (Å²) in [6, 6.07) is 4.78. The number of aryl methyl sites for hydroxylation is 1. The van der Waals surface area contributed by atoms with E-state index in [4.69, 9.17) is 5.11 Å². The van der Waals surface area contributed by atoms with Gasteiger partial charge in [0.1, 0.15) is 0 Å². The van der Waals surface area contributed by atoms with Crippen molar-refractivity contribution in [3.05, 3.63) is 44.6 Å². The van der Waals surface area contributed by atoms with Gasteiger partial charge in [-0.1, -0.05) is 6.07 Å². The second-order valence-corrected chi connectivity index (χ2v) is 3.40. The molecule has 0 unspecified atom stereocenters. The summed E-state index contributed by atoms with van der Waals surface area (Å²) < 4.78 is 0.150. The topological polar surface area (TPSA) is 92.2 Å². The Morgan fingerprint density at radius 2 is 2.06 bits per heavy atom. The molecule has 6 heteroatoms. The van der Waals surface area contributed by atoms with Crippen molar-refractivity contribution >= 4 is 17.0 Å². The zero-order valence-corrected chi connectivity index (χ0v) is 8.35. The zero-order chi connectivity index (χ0) is 11.9. The minimum Gasteiger partial charge on any atom is -0.464 e. The van der Waals surface area contributed by atoms with Crippen molar-refractivity contribution in [1.29, 1.82) is 0 Å². The number of hydrogen-bond acceptors (Lipinski definition) is 3. The van der Waals surface area contributed by atoms with Gasteiger partial charge in [-0.15, -0.1) is 0 Å². The summed E-state index contributed by atoms with van der Waals surface area (Å²) in [5.74, 6) is 0. The standard InChI is InChI=1S/C10H8N2O4/c1-5-2-3-6-7(4-5)11-9(14)12(8(6)13)10(15)16/h2-4H,1H3,(H,11,14)(H,15,16). The van der Waals surface area contributed by atoms with Crippen molar-refractivity contribution in [2.24, 2.45) is 0 Å². The molecule has 0 aliphatic heterocycles. The van der Waals surface area contributed by atoms with E-state index >= 15 is 0 Å². The first-order valence-electron chi connectivity index (χ1n) is 4.49. The predicted molar refractivity (Wildman–Crippen MR) is 57.0 cm³/mol. The number of nitrogens with zero attached hydrogens (tertiary/aromatic N) is 1. The number of rotatable bonds is 0. The molecule has 1 heterocycles. The molecule has 82 valence electrons. The summed E-state index contributed by atoms with van der Waals surface area (Å²) in [6.07, 6.45) is -1.59. The van der Waals surface area contributed by atoms with Crippen molar-refractivity contribution in [3.63, 3.8) is 0 Å². The highest BCUT2D eigenvalue weighted by Gasteiger charge is 2.12. The highest BCUT2D eigenvalue weighted by Crippen LogP contribution is 2.07. The van der Waals surface area contributed by atoms with Gasteiger partial charge in [-0.2, -0.15) is 4.57 Å². The zero-order valence-electron chi connectivity index (χ0n) is 8.35. The average molecular weight is 220 g/mol. The third kappa shape index (κ3) is 1.40. The van der Waals surface area contributed by atoms with E-state index in [1.807, 2.05) is 0 Å². The second kappa shape index (κ2) is 3.34. The van der Waals surface area contributed by atoms with Crippen LogP contribution in [-0.4, -0.2) is 20.8 Å². The third-order valence-electron chi connectivity index (χ3n) is 2.24. The molecule has 0 aliphatic rings. The second-order valence-electron chi connectivity index (χ2n) is 3.40. The molecule has 0 saturated carbocycles. The van der Waals surface area contributed by atoms with Crippen molar-refractivity contribution in [3.8, 4) is 0 Å². The van der Waals surface area contributed by atoms with E-state index in [9.17, 15) is 14.4 Å². The monoisotopic (exact) mass is 220 g/mol. The smallest absolute Gasteiger partial charge is 0.422 e. The fraction of sp³-hybridized carbons (Fsp3) is 0.100. The van der Waals surface area contributed by atoms with E-state index in [0.717, 1.165) is 5.56 Å². The van der Waals surface area contributed by atoms with E-state index in [2.05, 4.69) is 4.98 Å². The van der Waals surface area contributed by atoms with E-state index in [1.54, 1.807) is 19.1 Å². The Morgan fingerprint density at radius 1 is 1.38 bits per heavy atom. The minimum absolute atomic E-state index is 0.150. The molecule has 16 heavy (non-hydrogen) atoms. The third-order valence-corrected chi connectivity index (χ3v) is 2.24. The summed E-state index contributed by atoms with van der Waals surface area (Å²) in [4.78, 5) is 36.0. The fourth-order valence-corrected chi connectivity index (χ4v) is 1.51. The molecule has 0 fully saturated rings. The Bertz CT molecular complexity index is 696. The number of hydrogen-bond donors (Lipinski definition) is 2. The molecule has 6 nitrogen and oxygen atoms in total. The maximum Gasteiger partial charge on any atom is 0.422 e. The average Bonchev–Trinajstić information content (AvgIpc) is 2.15. The number of carbonyl (C=O) groups is 1. The Labute approximate surface area is 88.8 Å². The summed E-state index contributed by atoms with van der Waals surface area (Å²) >= 11 is 0. The Hall–Kier alpha value is -2.37. The molecule has 1 aromatic heterocycles. The van der Waals surface area contributed by atoms with Gasteiger partial charge < -0.3 is 10.1 Å². The number of fused-ring (bicyclic) bond motifs is 1. The lowest BCUT2D eigenvalue weighted by atomic mass is 10.2. The number of benzene rings is 1. The summed E-state index contributed by atoms with van der Waals surface area (Å²) in [5.41, 5.74) is -0.565. The van der Waals surface area contributed by atoms with Gasteiger partial charge in [-0.25, -0.2) is 9.59 Å². The largest absolute Gasteiger partial charge is 0.464 e. The maximum absolute atomic E-state index is 11.7. The van der Waals surface area contributed by atoms with Crippen molar-refractivity contribution in [2.75, 3.05) is 0 Å². The number of nitrogens with one attached hydrogen (secondary N) is 1. The Morgan fingerprint density at radius 3 is 2.69 bits per heavy atom. The predicted octanol–water partition coefficient (Wildman–Crippen LogP) is 0.524. The molecule has 2 aromatic rings. The number of aromatic amines is 1. The fourth-order valence-electron chi connectivity index (χ4n) is 1.51. The van der Waals surface area contributed by atoms with E-state index in [0.29, 0.717) is 5.52 Å². The highest BCUT2D eigenvalue weighted by atomic mass is 16.4. The van der Waals surface area contributed by atoms with Gasteiger partial charge in [0.25, 0.3) is 5.56 Å². The van der Waals surface area contributed by atoms with Crippen LogP contribution in [0.2, 0.25) is 0 Å². The van der Waals surface area contributed by atoms with Crippen molar-refractivity contribution < 1.29 is 9.90 Å². The van der Waals surface area contributed by atoms with Crippen LogP contribution in [0.4, 0.5) is 4.79 Å².